The van der Waals surface area contributed by atoms with E-state index < -0.39 is 85.7 Å². The molecule has 14 nitrogen and oxygen atoms in total. The molecule has 0 atom stereocenters. The van der Waals surface area contributed by atoms with Gasteiger partial charge in [0.15, 0.2) is 11.6 Å². The van der Waals surface area contributed by atoms with Crippen LogP contribution < -0.4 is 0 Å². The van der Waals surface area contributed by atoms with E-state index in [-0.39, 0.29) is 9.79 Å². The lowest BCUT2D eigenvalue weighted by Gasteiger charge is -2.10. The van der Waals surface area contributed by atoms with E-state index in [1.165, 1.54) is 0 Å². The fourth-order valence-corrected chi connectivity index (χ4v) is 6.44. The first-order valence-corrected chi connectivity index (χ1v) is 14.8. The molecule has 2 N–H and O–H groups in total. The van der Waals surface area contributed by atoms with Crippen LogP contribution in [0.5, 0.6) is 0 Å². The largest absolute Gasteiger partial charge is 0.296 e. The molecule has 0 amide bonds. The van der Waals surface area contributed by atoms with Crippen LogP contribution in [0.25, 0.3) is 0 Å². The number of nitro groups is 2. The molecule has 0 saturated carbocycles. The molecule has 0 bridgehead atoms. The normalized spacial score (nSPS) is 11.8. The Bertz CT molecular complexity index is 1400. The van der Waals surface area contributed by atoms with Crippen LogP contribution in [0, 0.1) is 20.2 Å². The molecule has 0 radical (unpaired) electrons. The third kappa shape index (κ3) is 7.59. The van der Waals surface area contributed by atoms with Crippen molar-refractivity contribution in [1.29, 1.82) is 0 Å². The van der Waals surface area contributed by atoms with Gasteiger partial charge >= 0.3 is 0 Å². The summed E-state index contributed by atoms with van der Waals surface area (Å²) >= 11 is 11.7. The molecule has 0 aliphatic heterocycles. The van der Waals surface area contributed by atoms with E-state index in [1.54, 1.807) is 0 Å². The first kappa shape index (κ1) is 29.9. The maximum absolute atomic E-state index is 12.3. The summed E-state index contributed by atoms with van der Waals surface area (Å²) in [4.78, 5) is 45.2. The zero-order valence-corrected chi connectivity index (χ0v) is 21.8. The van der Waals surface area contributed by atoms with Crippen molar-refractivity contribution in [1.82, 2.24) is 0 Å². The Kier molecular flexibility index (Phi) is 9.46. The molecule has 0 aliphatic rings. The summed E-state index contributed by atoms with van der Waals surface area (Å²) in [5.74, 6) is -5.79. The number of halogens is 2. The van der Waals surface area contributed by atoms with Gasteiger partial charge in [-0.25, -0.2) is 0 Å². The maximum Gasteiger partial charge on any atom is 0.296 e. The molecule has 0 saturated heterocycles. The zero-order valence-electron chi connectivity index (χ0n) is 17.0. The second kappa shape index (κ2) is 11.4. The van der Waals surface area contributed by atoms with Gasteiger partial charge in [0.1, 0.15) is 22.6 Å². The van der Waals surface area contributed by atoms with Gasteiger partial charge in [-0.3, -0.25) is 38.9 Å². The molecule has 2 aromatic carbocycles. The second-order valence-corrected chi connectivity index (χ2v) is 12.5. The number of nitrogens with zero attached hydrogens (tertiary/aromatic N) is 2. The monoisotopic (exact) mass is 620 g/mol. The third-order valence-corrected chi connectivity index (χ3v) is 8.26. The highest BCUT2D eigenvalue weighted by atomic mass is 35.5. The smallest absolute Gasteiger partial charge is 0.293 e. The molecule has 36 heavy (non-hydrogen) atoms. The predicted octanol–water partition coefficient (Wildman–Crippen LogP) is 3.75. The maximum atomic E-state index is 12.3. The minimum Gasteiger partial charge on any atom is -0.293 e. The summed E-state index contributed by atoms with van der Waals surface area (Å²) < 4.78 is 62.1. The molecule has 0 aliphatic carbocycles. The summed E-state index contributed by atoms with van der Waals surface area (Å²) in [6.45, 7) is 0. The van der Waals surface area contributed by atoms with E-state index >= 15 is 0 Å². The van der Waals surface area contributed by atoms with E-state index in [0.29, 0.717) is 21.6 Å². The highest BCUT2D eigenvalue weighted by Crippen LogP contribution is 2.48. The van der Waals surface area contributed by atoms with Crippen LogP contribution in [-0.4, -0.2) is 58.9 Å². The SMILES string of the molecule is O=C(CS(=O)(=O)O)c1c(Cl)ccc(SSc2ccc(Cl)c(C(=O)CS(=O)(=O)O)c2[N+](=O)[O-])c1[N+](=O)[O-]. The summed E-state index contributed by atoms with van der Waals surface area (Å²) in [5, 5.41) is 22.4. The standard InChI is InChI=1S/C16H10Cl2N2O12S4/c17-7-1-3-11(15(19(23)24)13(7)9(21)5-35(27,28)29)33-34-12-4-2-8(18)14(16(12)20(25)26)10(22)6-36(30,31)32/h1-4H,5-6H2,(H,27,28,29)(H,30,31,32). The van der Waals surface area contributed by atoms with Crippen LogP contribution in [0.3, 0.4) is 0 Å². The first-order valence-electron chi connectivity index (χ1n) is 8.68. The predicted molar refractivity (Wildman–Crippen MR) is 129 cm³/mol. The Morgan fingerprint density at radius 2 is 1.06 bits per heavy atom. The lowest BCUT2D eigenvalue weighted by molar-refractivity contribution is -0.388. The fraction of sp³-hybridized carbons (Fsp3) is 0.125. The lowest BCUT2D eigenvalue weighted by atomic mass is 10.1. The van der Waals surface area contributed by atoms with E-state index in [9.17, 15) is 46.7 Å². The van der Waals surface area contributed by atoms with Crippen molar-refractivity contribution >= 4 is 88.0 Å². The number of benzene rings is 2. The lowest BCUT2D eigenvalue weighted by Crippen LogP contribution is -2.17. The molecule has 0 unspecified atom stereocenters. The number of Topliss-reactive ketones (excluding diaryl/α,β-unsaturated/α-hetero) is 2. The van der Waals surface area contributed by atoms with Crippen molar-refractivity contribution in [2.75, 3.05) is 11.5 Å². The van der Waals surface area contributed by atoms with E-state index in [1.807, 2.05) is 0 Å². The van der Waals surface area contributed by atoms with Crippen LogP contribution in [0.4, 0.5) is 11.4 Å². The molecule has 0 spiro atoms. The van der Waals surface area contributed by atoms with Crippen molar-refractivity contribution in [3.63, 3.8) is 0 Å². The highest BCUT2D eigenvalue weighted by Gasteiger charge is 2.33. The molecular weight excluding hydrogens is 611 g/mol. The summed E-state index contributed by atoms with van der Waals surface area (Å²) in [5.41, 5.74) is -3.57. The van der Waals surface area contributed by atoms with Gasteiger partial charge in [-0.2, -0.15) is 16.8 Å². The van der Waals surface area contributed by atoms with Gasteiger partial charge in [-0.15, -0.1) is 0 Å². The van der Waals surface area contributed by atoms with Crippen molar-refractivity contribution in [3.8, 4) is 0 Å². The molecule has 0 aromatic heterocycles. The number of hydrogen-bond acceptors (Lipinski definition) is 12. The van der Waals surface area contributed by atoms with Crippen molar-refractivity contribution in [3.05, 3.63) is 65.7 Å². The summed E-state index contributed by atoms with van der Waals surface area (Å²) in [6.07, 6.45) is 0. The number of carbonyl (C=O) groups excluding carboxylic acids is 2. The van der Waals surface area contributed by atoms with Gasteiger partial charge in [0.05, 0.1) is 29.7 Å². The fourth-order valence-electron chi connectivity index (χ4n) is 2.69. The first-order chi connectivity index (χ1) is 16.4. The Labute approximate surface area is 219 Å². The van der Waals surface area contributed by atoms with Gasteiger partial charge in [0, 0.05) is 0 Å². The molecule has 2 aromatic rings. The molecule has 0 fully saturated rings. The minimum atomic E-state index is -4.87. The number of rotatable bonds is 11. The van der Waals surface area contributed by atoms with Gasteiger partial charge in [-0.05, 0) is 45.9 Å². The Morgan fingerprint density at radius 3 is 1.31 bits per heavy atom. The van der Waals surface area contributed by atoms with Crippen molar-refractivity contribution in [2.45, 2.75) is 9.79 Å². The average Bonchev–Trinajstić information content (AvgIpc) is 2.69. The summed E-state index contributed by atoms with van der Waals surface area (Å²) in [7, 11) is -8.77. The van der Waals surface area contributed by atoms with Crippen molar-refractivity contribution < 1.29 is 45.4 Å². The van der Waals surface area contributed by atoms with Crippen LogP contribution in [0.2, 0.25) is 10.0 Å². The van der Waals surface area contributed by atoms with Crippen LogP contribution in [-0.2, 0) is 20.2 Å². The van der Waals surface area contributed by atoms with Crippen molar-refractivity contribution in [2.24, 2.45) is 0 Å². The molecule has 20 heteroatoms. The Balaban J connectivity index is 2.59. The topological polar surface area (TPSA) is 229 Å². The molecule has 194 valence electrons. The molecular formula is C16H10Cl2N2O12S4. The quantitative estimate of drug-likeness (QED) is 0.120. The summed E-state index contributed by atoms with van der Waals surface area (Å²) in [6, 6.07) is 4.17. The van der Waals surface area contributed by atoms with Crippen LogP contribution in [0.15, 0.2) is 34.1 Å². The van der Waals surface area contributed by atoms with Gasteiger partial charge in [-0.1, -0.05) is 23.2 Å². The highest BCUT2D eigenvalue weighted by molar-refractivity contribution is 8.76. The van der Waals surface area contributed by atoms with E-state index in [2.05, 4.69) is 0 Å². The second-order valence-electron chi connectivity index (χ2n) is 6.52. The average molecular weight is 621 g/mol. The Hall–Kier alpha value is -2.32. The van der Waals surface area contributed by atoms with Gasteiger partial charge in [0.25, 0.3) is 31.6 Å². The zero-order chi connectivity index (χ0) is 27.6. The number of nitro benzene ring substituents is 2. The number of ketones is 2. The van der Waals surface area contributed by atoms with E-state index in [4.69, 9.17) is 32.3 Å². The minimum absolute atomic E-state index is 0.317. The van der Waals surface area contributed by atoms with Gasteiger partial charge in [0.2, 0.25) is 0 Å². The number of carbonyl (C=O) groups is 2. The van der Waals surface area contributed by atoms with Gasteiger partial charge < -0.3 is 0 Å². The molecule has 2 rings (SSSR count). The Morgan fingerprint density at radius 1 is 0.750 bits per heavy atom. The van der Waals surface area contributed by atoms with Crippen LogP contribution in [0.1, 0.15) is 20.7 Å². The van der Waals surface area contributed by atoms with Crippen LogP contribution >= 0.6 is 44.8 Å². The third-order valence-electron chi connectivity index (χ3n) is 3.95. The number of hydrogen-bond donors (Lipinski definition) is 2. The van der Waals surface area contributed by atoms with E-state index in [0.717, 1.165) is 24.3 Å². The molecule has 0 heterocycles.